The molecule has 0 aliphatic heterocycles. The van der Waals surface area contributed by atoms with Gasteiger partial charge in [0, 0.05) is 6.04 Å². The Morgan fingerprint density at radius 3 is 2.82 bits per heavy atom. The van der Waals surface area contributed by atoms with Crippen molar-refractivity contribution < 1.29 is 0 Å². The zero-order valence-corrected chi connectivity index (χ0v) is 10.7. The highest BCUT2D eigenvalue weighted by atomic mass is 35.5. The van der Waals surface area contributed by atoms with E-state index < -0.39 is 0 Å². The standard InChI is InChI=1S/C11H18ClN5/c1-7(8-4-2-3-5-8)15-10-9(12)6-14-11(16-10)17-13/h6-8H,2-5,13H2,1H3,(H2,14,15,16,17). The minimum absolute atomic E-state index is 0.371. The number of hydrazine groups is 1. The second-order valence-electron chi connectivity index (χ2n) is 4.51. The van der Waals surface area contributed by atoms with E-state index >= 15 is 0 Å². The Kier molecular flexibility index (Phi) is 4.02. The van der Waals surface area contributed by atoms with Crippen LogP contribution in [-0.4, -0.2) is 16.0 Å². The Balaban J connectivity index is 2.06. The van der Waals surface area contributed by atoms with Gasteiger partial charge in [-0.15, -0.1) is 0 Å². The maximum atomic E-state index is 6.05. The van der Waals surface area contributed by atoms with E-state index in [2.05, 4.69) is 27.6 Å². The van der Waals surface area contributed by atoms with Crippen LogP contribution in [0.25, 0.3) is 0 Å². The number of nitrogens with one attached hydrogen (secondary N) is 2. The van der Waals surface area contributed by atoms with E-state index in [1.807, 2.05) is 0 Å². The Morgan fingerprint density at radius 2 is 2.18 bits per heavy atom. The molecule has 1 fully saturated rings. The third-order valence-electron chi connectivity index (χ3n) is 3.34. The Labute approximate surface area is 106 Å². The summed E-state index contributed by atoms with van der Waals surface area (Å²) in [4.78, 5) is 8.15. The maximum absolute atomic E-state index is 6.05. The number of anilines is 2. The summed E-state index contributed by atoms with van der Waals surface area (Å²) in [5.41, 5.74) is 2.42. The molecule has 1 saturated carbocycles. The lowest BCUT2D eigenvalue weighted by Gasteiger charge is -2.21. The van der Waals surface area contributed by atoms with E-state index in [4.69, 9.17) is 17.4 Å². The van der Waals surface area contributed by atoms with Gasteiger partial charge in [0.05, 0.1) is 6.20 Å². The summed E-state index contributed by atoms with van der Waals surface area (Å²) in [6.07, 6.45) is 6.75. The predicted octanol–water partition coefficient (Wildman–Crippen LogP) is 2.41. The lowest BCUT2D eigenvalue weighted by molar-refractivity contribution is 0.481. The van der Waals surface area contributed by atoms with Gasteiger partial charge in [-0.25, -0.2) is 10.8 Å². The normalized spacial score (nSPS) is 18.1. The second-order valence-corrected chi connectivity index (χ2v) is 4.92. The molecule has 4 N–H and O–H groups in total. The van der Waals surface area contributed by atoms with Gasteiger partial charge in [-0.2, -0.15) is 4.98 Å². The molecule has 5 nitrogen and oxygen atoms in total. The first-order valence-corrected chi connectivity index (χ1v) is 6.34. The van der Waals surface area contributed by atoms with Crippen molar-refractivity contribution in [3.05, 3.63) is 11.2 Å². The molecule has 0 spiro atoms. The molecule has 94 valence electrons. The summed E-state index contributed by atoms with van der Waals surface area (Å²) in [6, 6.07) is 0.371. The van der Waals surface area contributed by atoms with E-state index in [-0.39, 0.29) is 0 Å². The van der Waals surface area contributed by atoms with Crippen molar-refractivity contribution in [2.45, 2.75) is 38.6 Å². The summed E-state index contributed by atoms with van der Waals surface area (Å²) in [5.74, 6) is 7.00. The average molecular weight is 256 g/mol. The van der Waals surface area contributed by atoms with Gasteiger partial charge >= 0.3 is 0 Å². The Bertz CT molecular complexity index is 378. The van der Waals surface area contributed by atoms with E-state index in [1.54, 1.807) is 6.20 Å². The molecule has 0 saturated heterocycles. The van der Waals surface area contributed by atoms with E-state index in [9.17, 15) is 0 Å². The Hall–Kier alpha value is -1.07. The van der Waals surface area contributed by atoms with Crippen LogP contribution in [-0.2, 0) is 0 Å². The van der Waals surface area contributed by atoms with Gasteiger partial charge in [-0.3, -0.25) is 5.43 Å². The van der Waals surface area contributed by atoms with E-state index in [1.165, 1.54) is 25.7 Å². The minimum atomic E-state index is 0.371. The van der Waals surface area contributed by atoms with Gasteiger partial charge in [0.15, 0.2) is 5.82 Å². The average Bonchev–Trinajstić information content (AvgIpc) is 2.85. The van der Waals surface area contributed by atoms with Gasteiger partial charge < -0.3 is 5.32 Å². The van der Waals surface area contributed by atoms with Gasteiger partial charge in [0.25, 0.3) is 0 Å². The fraction of sp³-hybridized carbons (Fsp3) is 0.636. The predicted molar refractivity (Wildman–Crippen MR) is 69.9 cm³/mol. The number of hydrogen-bond donors (Lipinski definition) is 3. The molecule has 1 heterocycles. The highest BCUT2D eigenvalue weighted by molar-refractivity contribution is 6.32. The van der Waals surface area contributed by atoms with Crippen LogP contribution in [0.4, 0.5) is 11.8 Å². The van der Waals surface area contributed by atoms with Crippen LogP contribution >= 0.6 is 11.6 Å². The number of nitrogens with two attached hydrogens (primary N) is 1. The zero-order valence-electron chi connectivity index (χ0n) is 9.91. The van der Waals surface area contributed by atoms with Gasteiger partial charge in [-0.05, 0) is 25.7 Å². The number of hydrogen-bond acceptors (Lipinski definition) is 5. The number of nitrogen functional groups attached to an aromatic ring is 1. The van der Waals surface area contributed by atoms with Crippen LogP contribution in [0.5, 0.6) is 0 Å². The molecular formula is C11H18ClN5. The molecule has 0 amide bonds. The first-order chi connectivity index (χ1) is 8.20. The summed E-state index contributed by atoms with van der Waals surface area (Å²) in [5, 5.41) is 3.87. The molecular weight excluding hydrogens is 238 g/mol. The zero-order chi connectivity index (χ0) is 12.3. The minimum Gasteiger partial charge on any atom is -0.366 e. The van der Waals surface area contributed by atoms with Crippen LogP contribution in [0.1, 0.15) is 32.6 Å². The molecule has 6 heteroatoms. The molecule has 17 heavy (non-hydrogen) atoms. The monoisotopic (exact) mass is 255 g/mol. The Morgan fingerprint density at radius 1 is 1.47 bits per heavy atom. The van der Waals surface area contributed by atoms with Gasteiger partial charge in [0.2, 0.25) is 5.95 Å². The van der Waals surface area contributed by atoms with Gasteiger partial charge in [-0.1, -0.05) is 24.4 Å². The van der Waals surface area contributed by atoms with Crippen molar-refractivity contribution in [3.8, 4) is 0 Å². The SMILES string of the molecule is CC(Nc1nc(NN)ncc1Cl)C1CCCC1. The van der Waals surface area contributed by atoms with Crippen LogP contribution < -0.4 is 16.6 Å². The highest BCUT2D eigenvalue weighted by Gasteiger charge is 2.22. The van der Waals surface area contributed by atoms with E-state index in [0.29, 0.717) is 28.7 Å². The molecule has 1 aliphatic carbocycles. The van der Waals surface area contributed by atoms with E-state index in [0.717, 1.165) is 0 Å². The van der Waals surface area contributed by atoms with Crippen LogP contribution in [0.3, 0.4) is 0 Å². The van der Waals surface area contributed by atoms with Crippen LogP contribution in [0.15, 0.2) is 6.20 Å². The van der Waals surface area contributed by atoms with Crippen molar-refractivity contribution in [1.29, 1.82) is 0 Å². The fourth-order valence-corrected chi connectivity index (χ4v) is 2.47. The van der Waals surface area contributed by atoms with Crippen molar-refractivity contribution in [2.75, 3.05) is 10.7 Å². The maximum Gasteiger partial charge on any atom is 0.239 e. The number of aromatic nitrogens is 2. The molecule has 1 aliphatic rings. The third-order valence-corrected chi connectivity index (χ3v) is 3.62. The van der Waals surface area contributed by atoms with Gasteiger partial charge in [0.1, 0.15) is 5.02 Å². The smallest absolute Gasteiger partial charge is 0.239 e. The first kappa shape index (κ1) is 12.4. The molecule has 0 aromatic carbocycles. The van der Waals surface area contributed by atoms with Crippen LogP contribution in [0.2, 0.25) is 5.02 Å². The van der Waals surface area contributed by atoms with Crippen molar-refractivity contribution in [1.82, 2.24) is 9.97 Å². The van der Waals surface area contributed by atoms with Crippen LogP contribution in [0, 0.1) is 5.92 Å². The molecule has 1 aromatic heterocycles. The molecule has 2 rings (SSSR count). The lowest BCUT2D eigenvalue weighted by atomic mass is 10.00. The molecule has 1 aromatic rings. The number of nitrogens with zero attached hydrogens (tertiary/aromatic N) is 2. The molecule has 1 atom stereocenters. The molecule has 0 radical (unpaired) electrons. The largest absolute Gasteiger partial charge is 0.366 e. The summed E-state index contributed by atoms with van der Waals surface area (Å²) < 4.78 is 0. The van der Waals surface area contributed by atoms with Crippen molar-refractivity contribution in [3.63, 3.8) is 0 Å². The summed E-state index contributed by atoms with van der Waals surface area (Å²) in [6.45, 7) is 2.17. The quantitative estimate of drug-likeness (QED) is 0.569. The van der Waals surface area contributed by atoms with Crippen molar-refractivity contribution >= 4 is 23.4 Å². The van der Waals surface area contributed by atoms with Crippen molar-refractivity contribution in [2.24, 2.45) is 11.8 Å². The first-order valence-electron chi connectivity index (χ1n) is 5.96. The number of halogens is 1. The highest BCUT2D eigenvalue weighted by Crippen LogP contribution is 2.30. The number of rotatable bonds is 4. The summed E-state index contributed by atoms with van der Waals surface area (Å²) >= 11 is 6.05. The molecule has 1 unspecified atom stereocenters. The topological polar surface area (TPSA) is 75.9 Å². The lowest BCUT2D eigenvalue weighted by Crippen LogP contribution is -2.25. The molecule has 0 bridgehead atoms. The fourth-order valence-electron chi connectivity index (χ4n) is 2.33. The summed E-state index contributed by atoms with van der Waals surface area (Å²) in [7, 11) is 0. The second kappa shape index (κ2) is 5.51. The third kappa shape index (κ3) is 2.98.